The molecule has 2 N–H and O–H groups in total. The molecule has 2 rings (SSSR count). The highest BCUT2D eigenvalue weighted by molar-refractivity contribution is 7.80. The van der Waals surface area contributed by atoms with E-state index in [1.54, 1.807) is 0 Å². The Morgan fingerprint density at radius 1 is 1.08 bits per heavy atom. The molecule has 0 aromatic heterocycles. The number of hydrogen-bond donors (Lipinski definition) is 2. The highest BCUT2D eigenvalue weighted by Gasteiger charge is 2.34. The van der Waals surface area contributed by atoms with Gasteiger partial charge in [0.25, 0.3) is 0 Å². The number of halogens is 4. The van der Waals surface area contributed by atoms with E-state index >= 15 is 0 Å². The molecule has 26 heavy (non-hydrogen) atoms. The van der Waals surface area contributed by atoms with Crippen LogP contribution >= 0.6 is 12.2 Å². The third-order valence-corrected chi connectivity index (χ3v) is 4.10. The molecule has 0 unspecified atom stereocenters. The molecule has 0 aliphatic carbocycles. The highest BCUT2D eigenvalue weighted by atomic mass is 32.1. The Bertz CT molecular complexity index is 742. The van der Waals surface area contributed by atoms with Crippen molar-refractivity contribution >= 4 is 23.0 Å². The zero-order valence-electron chi connectivity index (χ0n) is 14.3. The predicted molar refractivity (Wildman–Crippen MR) is 99.5 cm³/mol. The summed E-state index contributed by atoms with van der Waals surface area (Å²) in [5, 5.41) is 5.88. The molecule has 140 valence electrons. The van der Waals surface area contributed by atoms with Crippen LogP contribution < -0.4 is 10.6 Å². The summed E-state index contributed by atoms with van der Waals surface area (Å²) in [5.41, 5.74) is 0.604. The van der Waals surface area contributed by atoms with E-state index in [9.17, 15) is 17.6 Å². The van der Waals surface area contributed by atoms with Crippen molar-refractivity contribution in [1.29, 1.82) is 0 Å². The van der Waals surface area contributed by atoms with Crippen LogP contribution in [0, 0.1) is 5.82 Å². The van der Waals surface area contributed by atoms with Gasteiger partial charge in [-0.3, -0.25) is 0 Å². The third kappa shape index (κ3) is 5.69. The number of nitrogens with one attached hydrogen (secondary N) is 2. The molecule has 0 aliphatic heterocycles. The van der Waals surface area contributed by atoms with Crippen LogP contribution in [0.15, 0.2) is 42.5 Å². The van der Waals surface area contributed by atoms with Crippen LogP contribution in [0.3, 0.4) is 0 Å². The van der Waals surface area contributed by atoms with Crippen LogP contribution in [-0.4, -0.2) is 5.11 Å². The maximum Gasteiger partial charge on any atom is 0.419 e. The summed E-state index contributed by atoms with van der Waals surface area (Å²) < 4.78 is 52.1. The smallest absolute Gasteiger partial charge is 0.358 e. The first-order valence-electron chi connectivity index (χ1n) is 8.29. The molecule has 7 heteroatoms. The lowest BCUT2D eigenvalue weighted by Crippen LogP contribution is -2.28. The normalized spacial score (nSPS) is 11.3. The first-order chi connectivity index (χ1) is 12.3. The monoisotopic (exact) mass is 384 g/mol. The molecule has 0 saturated carbocycles. The molecule has 0 aliphatic rings. The van der Waals surface area contributed by atoms with Crippen molar-refractivity contribution in [3.05, 3.63) is 65.0 Å². The lowest BCUT2D eigenvalue weighted by molar-refractivity contribution is -0.140. The van der Waals surface area contributed by atoms with Gasteiger partial charge in [-0.1, -0.05) is 37.6 Å². The van der Waals surface area contributed by atoms with Crippen molar-refractivity contribution < 1.29 is 17.6 Å². The number of aryl methyl sites for hydroxylation is 1. The summed E-state index contributed by atoms with van der Waals surface area (Å²) in [5.74, 6) is -1.28. The van der Waals surface area contributed by atoms with Crippen LogP contribution in [0.25, 0.3) is 0 Å². The van der Waals surface area contributed by atoms with Gasteiger partial charge in [-0.05, 0) is 48.8 Å². The zero-order valence-corrected chi connectivity index (χ0v) is 15.1. The van der Waals surface area contributed by atoms with E-state index in [0.29, 0.717) is 0 Å². The lowest BCUT2D eigenvalue weighted by Gasteiger charge is -2.14. The molecule has 2 aromatic rings. The number of anilines is 1. The average Bonchev–Trinajstić information content (AvgIpc) is 2.59. The molecular weight excluding hydrogens is 364 g/mol. The van der Waals surface area contributed by atoms with Gasteiger partial charge < -0.3 is 10.6 Å². The quantitative estimate of drug-likeness (QED) is 0.495. The van der Waals surface area contributed by atoms with Gasteiger partial charge in [0.05, 0.1) is 5.56 Å². The van der Waals surface area contributed by atoms with E-state index in [-0.39, 0.29) is 17.2 Å². The van der Waals surface area contributed by atoms with Crippen molar-refractivity contribution in [1.82, 2.24) is 5.32 Å². The van der Waals surface area contributed by atoms with Crippen molar-refractivity contribution in [3.8, 4) is 0 Å². The van der Waals surface area contributed by atoms with Gasteiger partial charge in [0, 0.05) is 17.8 Å². The summed E-state index contributed by atoms with van der Waals surface area (Å²) in [6, 6.07) is 10.9. The Morgan fingerprint density at radius 3 is 2.38 bits per heavy atom. The van der Waals surface area contributed by atoms with Gasteiger partial charge >= 0.3 is 6.18 Å². The second-order valence-electron chi connectivity index (χ2n) is 5.88. The van der Waals surface area contributed by atoms with Crippen molar-refractivity contribution in [2.75, 3.05) is 5.32 Å². The summed E-state index contributed by atoms with van der Waals surface area (Å²) >= 11 is 5.12. The number of rotatable bonds is 6. The zero-order chi connectivity index (χ0) is 19.2. The molecular formula is C19H20F4N2S. The summed E-state index contributed by atoms with van der Waals surface area (Å²) in [6.45, 7) is 1.99. The van der Waals surface area contributed by atoms with E-state index in [0.717, 1.165) is 31.0 Å². The van der Waals surface area contributed by atoms with Gasteiger partial charge in [0.2, 0.25) is 0 Å². The van der Waals surface area contributed by atoms with Gasteiger partial charge in [-0.2, -0.15) is 13.2 Å². The minimum atomic E-state index is -4.72. The number of benzene rings is 2. The largest absolute Gasteiger partial charge is 0.419 e. The number of unbranched alkanes of at least 4 members (excludes halogenated alkanes) is 1. The van der Waals surface area contributed by atoms with Gasteiger partial charge in [-0.25, -0.2) is 4.39 Å². The Hall–Kier alpha value is -2.15. The van der Waals surface area contributed by atoms with E-state index in [2.05, 4.69) is 17.6 Å². The van der Waals surface area contributed by atoms with Crippen LogP contribution in [0.4, 0.5) is 23.2 Å². The Labute approximate surface area is 155 Å². The number of thiocarbonyl (C=S) groups is 1. The van der Waals surface area contributed by atoms with Crippen LogP contribution in [0.5, 0.6) is 0 Å². The van der Waals surface area contributed by atoms with Crippen molar-refractivity contribution in [2.45, 2.75) is 38.9 Å². The maximum absolute atomic E-state index is 14.0. The molecule has 0 amide bonds. The molecule has 2 aromatic carbocycles. The molecule has 0 radical (unpaired) electrons. The summed E-state index contributed by atoms with van der Waals surface area (Å²) in [7, 11) is 0. The van der Waals surface area contributed by atoms with Crippen molar-refractivity contribution in [2.24, 2.45) is 0 Å². The first-order valence-corrected chi connectivity index (χ1v) is 8.70. The Morgan fingerprint density at radius 2 is 1.77 bits per heavy atom. The minimum Gasteiger partial charge on any atom is -0.358 e. The molecule has 0 fully saturated rings. The molecule has 0 bridgehead atoms. The first kappa shape index (κ1) is 20.2. The molecule has 0 heterocycles. The van der Waals surface area contributed by atoms with Crippen LogP contribution in [0.2, 0.25) is 0 Å². The van der Waals surface area contributed by atoms with E-state index in [1.807, 2.05) is 24.3 Å². The molecule has 0 spiro atoms. The van der Waals surface area contributed by atoms with Crippen molar-refractivity contribution in [3.63, 3.8) is 0 Å². The third-order valence-electron chi connectivity index (χ3n) is 3.85. The minimum absolute atomic E-state index is 0.0983. The standard InChI is InChI=1S/C19H20F4N2S/c1-2-3-5-13-8-10-15(11-9-13)25-18(26)24-12-14-6-4-7-16(17(14)20)19(21,22)23/h4,6-11H,2-3,5,12H2,1H3,(H2,24,25,26). The summed E-state index contributed by atoms with van der Waals surface area (Å²) in [6.07, 6.45) is -1.47. The summed E-state index contributed by atoms with van der Waals surface area (Å²) in [4.78, 5) is 0. The average molecular weight is 384 g/mol. The van der Waals surface area contributed by atoms with Crippen LogP contribution in [-0.2, 0) is 19.1 Å². The van der Waals surface area contributed by atoms with Gasteiger partial charge in [0.15, 0.2) is 5.11 Å². The fourth-order valence-electron chi connectivity index (χ4n) is 2.42. The van der Waals surface area contributed by atoms with Crippen LogP contribution in [0.1, 0.15) is 36.5 Å². The van der Waals surface area contributed by atoms with E-state index < -0.39 is 17.6 Å². The SMILES string of the molecule is CCCCc1ccc(NC(=S)NCc2cccc(C(F)(F)F)c2F)cc1. The highest BCUT2D eigenvalue weighted by Crippen LogP contribution is 2.32. The number of hydrogen-bond acceptors (Lipinski definition) is 1. The van der Waals surface area contributed by atoms with E-state index in [4.69, 9.17) is 12.2 Å². The second kappa shape index (κ2) is 8.98. The number of alkyl halides is 3. The fraction of sp³-hybridized carbons (Fsp3) is 0.316. The Balaban J connectivity index is 1.93. The Kier molecular flexibility index (Phi) is 6.97. The van der Waals surface area contributed by atoms with E-state index in [1.165, 1.54) is 17.7 Å². The lowest BCUT2D eigenvalue weighted by atomic mass is 10.1. The fourth-order valence-corrected chi connectivity index (χ4v) is 2.61. The molecule has 2 nitrogen and oxygen atoms in total. The second-order valence-corrected chi connectivity index (χ2v) is 6.29. The van der Waals surface area contributed by atoms with Gasteiger partial charge in [-0.15, -0.1) is 0 Å². The van der Waals surface area contributed by atoms with Gasteiger partial charge in [0.1, 0.15) is 5.82 Å². The molecule has 0 atom stereocenters. The topological polar surface area (TPSA) is 24.1 Å². The maximum atomic E-state index is 14.0. The molecule has 0 saturated heterocycles. The predicted octanol–water partition coefficient (Wildman–Crippen LogP) is 5.67.